The first-order valence-corrected chi connectivity index (χ1v) is 7.62. The molecule has 0 spiro atoms. The van der Waals surface area contributed by atoms with Crippen molar-refractivity contribution in [2.75, 3.05) is 0 Å². The van der Waals surface area contributed by atoms with Gasteiger partial charge in [-0.2, -0.15) is 0 Å². The smallest absolute Gasteiger partial charge is 0.268 e. The van der Waals surface area contributed by atoms with Gasteiger partial charge in [0, 0.05) is 16.7 Å². The van der Waals surface area contributed by atoms with E-state index in [1.807, 2.05) is 54.6 Å². The van der Waals surface area contributed by atoms with Gasteiger partial charge in [-0.25, -0.2) is 4.98 Å². The first-order chi connectivity index (χ1) is 12.3. The maximum atomic E-state index is 5.74. The second-order valence-corrected chi connectivity index (χ2v) is 5.26. The molecule has 5 heteroatoms. The van der Waals surface area contributed by atoms with Gasteiger partial charge in [-0.3, -0.25) is 4.98 Å². The normalized spacial score (nSPS) is 10.4. The van der Waals surface area contributed by atoms with Crippen molar-refractivity contribution in [3.8, 4) is 46.6 Å². The Kier molecular flexibility index (Phi) is 3.77. The molecule has 0 fully saturated rings. The second kappa shape index (κ2) is 6.38. The van der Waals surface area contributed by atoms with E-state index in [1.165, 1.54) is 0 Å². The van der Waals surface area contributed by atoms with E-state index in [4.69, 9.17) is 10.8 Å². The Morgan fingerprint density at radius 1 is 0.800 bits per heavy atom. The molecule has 0 unspecified atom stereocenters. The van der Waals surface area contributed by atoms with Gasteiger partial charge in [0.1, 0.15) is 5.69 Å². The highest BCUT2D eigenvalue weighted by Crippen LogP contribution is 2.25. The minimum Gasteiger partial charge on any atom is -0.415 e. The summed E-state index contributed by atoms with van der Waals surface area (Å²) in [5, 5.41) is 8.16. The van der Waals surface area contributed by atoms with Gasteiger partial charge >= 0.3 is 0 Å². The van der Waals surface area contributed by atoms with E-state index < -0.39 is 0 Å². The predicted octanol–water partition coefficient (Wildman–Crippen LogP) is 3.84. The molecule has 2 aromatic heterocycles. The molecule has 0 amide bonds. The molecule has 0 atom stereocenters. The van der Waals surface area contributed by atoms with Gasteiger partial charge in [0.05, 0.1) is 18.1 Å². The first-order valence-electron chi connectivity index (χ1n) is 7.62. The zero-order chi connectivity index (χ0) is 17.1. The molecule has 0 bridgehead atoms. The zero-order valence-corrected chi connectivity index (χ0v) is 13.1. The van der Waals surface area contributed by atoms with Crippen LogP contribution in [0.1, 0.15) is 5.56 Å². The Balaban J connectivity index is 1.74. The van der Waals surface area contributed by atoms with Crippen LogP contribution in [0.3, 0.4) is 0 Å². The van der Waals surface area contributed by atoms with Crippen LogP contribution in [0.5, 0.6) is 0 Å². The summed E-state index contributed by atoms with van der Waals surface area (Å²) in [7, 11) is 0. The van der Waals surface area contributed by atoms with Gasteiger partial charge in [-0.05, 0) is 18.2 Å². The third-order valence-electron chi connectivity index (χ3n) is 3.66. The lowest BCUT2D eigenvalue weighted by Crippen LogP contribution is -1.92. The first kappa shape index (κ1) is 14.8. The molecule has 2 aromatic carbocycles. The van der Waals surface area contributed by atoms with Gasteiger partial charge in [-0.15, -0.1) is 16.6 Å². The molecule has 4 aromatic rings. The summed E-state index contributed by atoms with van der Waals surface area (Å²) in [5.74, 6) is 3.41. The predicted molar refractivity (Wildman–Crippen MR) is 94.1 cm³/mol. The maximum absolute atomic E-state index is 5.74. The molecule has 0 saturated carbocycles. The van der Waals surface area contributed by atoms with Gasteiger partial charge in [0.2, 0.25) is 5.89 Å². The van der Waals surface area contributed by atoms with Crippen LogP contribution in [0.15, 0.2) is 71.4 Å². The van der Waals surface area contributed by atoms with Crippen LogP contribution in [-0.2, 0) is 0 Å². The fourth-order valence-corrected chi connectivity index (χ4v) is 2.46. The van der Waals surface area contributed by atoms with E-state index in [-0.39, 0.29) is 0 Å². The van der Waals surface area contributed by atoms with E-state index in [9.17, 15) is 0 Å². The quantitative estimate of drug-likeness (QED) is 0.536. The highest BCUT2D eigenvalue weighted by molar-refractivity contribution is 5.68. The average Bonchev–Trinajstić information content (AvgIpc) is 3.19. The molecular weight excluding hydrogens is 312 g/mol. The van der Waals surface area contributed by atoms with Crippen LogP contribution in [0.2, 0.25) is 0 Å². The van der Waals surface area contributed by atoms with Crippen molar-refractivity contribution in [1.82, 2.24) is 20.2 Å². The molecule has 25 heavy (non-hydrogen) atoms. The van der Waals surface area contributed by atoms with Crippen LogP contribution in [-0.4, -0.2) is 20.2 Å². The molecule has 0 aliphatic rings. The van der Waals surface area contributed by atoms with Gasteiger partial charge in [0.25, 0.3) is 5.89 Å². The Morgan fingerprint density at radius 2 is 1.52 bits per heavy atom. The van der Waals surface area contributed by atoms with Crippen molar-refractivity contribution >= 4 is 0 Å². The van der Waals surface area contributed by atoms with E-state index in [1.54, 1.807) is 12.4 Å². The summed E-state index contributed by atoms with van der Waals surface area (Å²) in [6, 6.07) is 17.1. The molecule has 118 valence electrons. The van der Waals surface area contributed by atoms with Crippen LogP contribution >= 0.6 is 0 Å². The molecule has 0 radical (unpaired) electrons. The van der Waals surface area contributed by atoms with E-state index in [2.05, 4.69) is 26.1 Å². The van der Waals surface area contributed by atoms with Crippen LogP contribution in [0.4, 0.5) is 0 Å². The molecule has 0 aliphatic heterocycles. The Morgan fingerprint density at radius 3 is 2.36 bits per heavy atom. The second-order valence-electron chi connectivity index (χ2n) is 5.26. The number of terminal acetylenes is 1. The van der Waals surface area contributed by atoms with Crippen LogP contribution in [0.25, 0.3) is 34.3 Å². The zero-order valence-electron chi connectivity index (χ0n) is 13.1. The summed E-state index contributed by atoms with van der Waals surface area (Å²) < 4.78 is 5.74. The van der Waals surface area contributed by atoms with Crippen molar-refractivity contribution in [3.63, 3.8) is 0 Å². The minimum atomic E-state index is 0.311. The van der Waals surface area contributed by atoms with Gasteiger partial charge in [-0.1, -0.05) is 42.3 Å². The molecule has 2 heterocycles. The lowest BCUT2D eigenvalue weighted by atomic mass is 10.1. The molecule has 4 rings (SSSR count). The largest absolute Gasteiger partial charge is 0.415 e. The van der Waals surface area contributed by atoms with E-state index in [0.29, 0.717) is 23.2 Å². The highest BCUT2D eigenvalue weighted by atomic mass is 16.4. The van der Waals surface area contributed by atoms with E-state index >= 15 is 0 Å². The molecule has 0 saturated heterocycles. The van der Waals surface area contributed by atoms with Gasteiger partial charge < -0.3 is 4.42 Å². The Hall–Kier alpha value is -3.78. The highest BCUT2D eigenvalue weighted by Gasteiger charge is 2.13. The summed E-state index contributed by atoms with van der Waals surface area (Å²) in [6.45, 7) is 0. The van der Waals surface area contributed by atoms with Crippen molar-refractivity contribution in [2.45, 2.75) is 0 Å². The lowest BCUT2D eigenvalue weighted by molar-refractivity contribution is 0.582. The van der Waals surface area contributed by atoms with Crippen LogP contribution in [0, 0.1) is 12.3 Å². The Bertz CT molecular complexity index is 1060. The molecule has 0 aliphatic carbocycles. The van der Waals surface area contributed by atoms with Crippen molar-refractivity contribution in [3.05, 3.63) is 72.6 Å². The third kappa shape index (κ3) is 2.89. The number of hydrogen-bond donors (Lipinski definition) is 0. The molecule has 5 nitrogen and oxygen atoms in total. The topological polar surface area (TPSA) is 64.7 Å². The number of hydrogen-bond acceptors (Lipinski definition) is 5. The molecule has 0 N–H and O–H groups in total. The molecular formula is C20H12N4O. The number of benzene rings is 2. The van der Waals surface area contributed by atoms with Crippen molar-refractivity contribution < 1.29 is 4.42 Å². The number of nitrogens with zero attached hydrogens (tertiary/aromatic N) is 4. The summed E-state index contributed by atoms with van der Waals surface area (Å²) in [5.41, 5.74) is 3.60. The fourth-order valence-electron chi connectivity index (χ4n) is 2.46. The number of aromatic nitrogens is 4. The average molecular weight is 324 g/mol. The maximum Gasteiger partial charge on any atom is 0.268 e. The minimum absolute atomic E-state index is 0.311. The SMILES string of the molecule is C#Cc1ccccc1-c1cncc(-c2nnc(-c3ccccc3)o2)n1. The lowest BCUT2D eigenvalue weighted by Gasteiger charge is -2.04. The van der Waals surface area contributed by atoms with Crippen LogP contribution < -0.4 is 0 Å². The van der Waals surface area contributed by atoms with Gasteiger partial charge in [0.15, 0.2) is 0 Å². The number of rotatable bonds is 3. The van der Waals surface area contributed by atoms with Crippen molar-refractivity contribution in [2.24, 2.45) is 0 Å². The van der Waals surface area contributed by atoms with Crippen molar-refractivity contribution in [1.29, 1.82) is 0 Å². The Labute approximate surface area is 144 Å². The monoisotopic (exact) mass is 324 g/mol. The fraction of sp³-hybridized carbons (Fsp3) is 0. The summed E-state index contributed by atoms with van der Waals surface area (Å²) >= 11 is 0. The summed E-state index contributed by atoms with van der Waals surface area (Å²) in [4.78, 5) is 8.81. The third-order valence-corrected chi connectivity index (χ3v) is 3.66. The van der Waals surface area contributed by atoms with E-state index in [0.717, 1.165) is 16.7 Å². The summed E-state index contributed by atoms with van der Waals surface area (Å²) in [6.07, 6.45) is 8.81. The standard InChI is InChI=1S/C20H12N4O/c1-2-14-8-6-7-11-16(14)17-12-21-13-18(22-17)20-24-23-19(25-20)15-9-4-3-5-10-15/h1,3-13H.